The molecule has 0 spiro atoms. The first kappa shape index (κ1) is 10.5. The smallest absolute Gasteiger partial charge is 0.211 e. The molecule has 1 aliphatic carbocycles. The van der Waals surface area contributed by atoms with Crippen LogP contribution in [-0.2, 0) is 0 Å². The number of rotatable bonds is 4. The SMILES string of the molecule is Cc1cccc2cc(C(=O)CNC3CC3)oc12. The maximum Gasteiger partial charge on any atom is 0.211 e. The molecular formula is C14H15NO2. The Balaban J connectivity index is 1.84. The van der Waals surface area contributed by atoms with Crippen LogP contribution in [0.2, 0.25) is 0 Å². The molecule has 1 N–H and O–H groups in total. The summed E-state index contributed by atoms with van der Waals surface area (Å²) in [6, 6.07) is 8.31. The number of furan rings is 1. The van der Waals surface area contributed by atoms with Gasteiger partial charge in [-0.2, -0.15) is 0 Å². The minimum Gasteiger partial charge on any atom is -0.453 e. The maximum atomic E-state index is 11.9. The molecule has 3 nitrogen and oxygen atoms in total. The molecule has 1 aromatic carbocycles. The molecule has 17 heavy (non-hydrogen) atoms. The van der Waals surface area contributed by atoms with Crippen molar-refractivity contribution < 1.29 is 9.21 Å². The van der Waals surface area contributed by atoms with Crippen molar-refractivity contribution in [1.82, 2.24) is 5.32 Å². The molecule has 1 heterocycles. The lowest BCUT2D eigenvalue weighted by molar-refractivity contribution is 0.0966. The second-order valence-corrected chi connectivity index (χ2v) is 4.68. The van der Waals surface area contributed by atoms with Gasteiger partial charge in [-0.15, -0.1) is 0 Å². The fourth-order valence-electron chi connectivity index (χ4n) is 1.96. The predicted octanol–water partition coefficient (Wildman–Crippen LogP) is 2.68. The van der Waals surface area contributed by atoms with Gasteiger partial charge in [-0.1, -0.05) is 18.2 Å². The molecule has 2 aromatic rings. The van der Waals surface area contributed by atoms with Crippen molar-refractivity contribution in [3.05, 3.63) is 35.6 Å². The minimum atomic E-state index is 0.0347. The number of nitrogens with one attached hydrogen (secondary N) is 1. The van der Waals surface area contributed by atoms with E-state index in [4.69, 9.17) is 4.42 Å². The minimum absolute atomic E-state index is 0.0347. The van der Waals surface area contributed by atoms with Crippen LogP contribution in [0.3, 0.4) is 0 Å². The molecule has 1 fully saturated rings. The summed E-state index contributed by atoms with van der Waals surface area (Å²) in [4.78, 5) is 11.9. The van der Waals surface area contributed by atoms with Crippen LogP contribution in [0.5, 0.6) is 0 Å². The molecule has 0 saturated heterocycles. The summed E-state index contributed by atoms with van der Waals surface area (Å²) in [6.45, 7) is 2.37. The van der Waals surface area contributed by atoms with Crippen molar-refractivity contribution in [3.63, 3.8) is 0 Å². The largest absolute Gasteiger partial charge is 0.453 e. The Morgan fingerprint density at radius 2 is 2.29 bits per heavy atom. The first-order valence-corrected chi connectivity index (χ1v) is 6.00. The van der Waals surface area contributed by atoms with Gasteiger partial charge >= 0.3 is 0 Å². The van der Waals surface area contributed by atoms with E-state index in [1.807, 2.05) is 31.2 Å². The maximum absolute atomic E-state index is 11.9. The van der Waals surface area contributed by atoms with Crippen LogP contribution in [0, 0.1) is 6.92 Å². The number of ketones is 1. The molecule has 1 saturated carbocycles. The topological polar surface area (TPSA) is 42.2 Å². The van der Waals surface area contributed by atoms with Crippen LogP contribution in [0.15, 0.2) is 28.7 Å². The molecule has 0 aliphatic heterocycles. The molecule has 0 radical (unpaired) electrons. The Morgan fingerprint density at radius 3 is 3.00 bits per heavy atom. The van der Waals surface area contributed by atoms with Crippen LogP contribution in [0.1, 0.15) is 29.0 Å². The molecule has 3 rings (SSSR count). The van der Waals surface area contributed by atoms with E-state index in [2.05, 4.69) is 5.32 Å². The quantitative estimate of drug-likeness (QED) is 0.819. The zero-order valence-electron chi connectivity index (χ0n) is 9.82. The van der Waals surface area contributed by atoms with E-state index in [1.54, 1.807) is 0 Å². The lowest BCUT2D eigenvalue weighted by atomic mass is 10.2. The third-order valence-corrected chi connectivity index (χ3v) is 3.14. The van der Waals surface area contributed by atoms with E-state index in [1.165, 1.54) is 12.8 Å². The number of benzene rings is 1. The average molecular weight is 229 g/mol. The van der Waals surface area contributed by atoms with Gasteiger partial charge in [0.2, 0.25) is 5.78 Å². The second kappa shape index (κ2) is 4.00. The Labute approximate surface area is 99.8 Å². The molecular weight excluding hydrogens is 214 g/mol. The fraction of sp³-hybridized carbons (Fsp3) is 0.357. The van der Waals surface area contributed by atoms with Gasteiger partial charge in [-0.05, 0) is 31.4 Å². The van der Waals surface area contributed by atoms with Crippen molar-refractivity contribution in [2.75, 3.05) is 6.54 Å². The number of Topliss-reactive ketones (excluding diaryl/α,β-unsaturated/α-hetero) is 1. The molecule has 0 bridgehead atoms. The number of para-hydroxylation sites is 1. The van der Waals surface area contributed by atoms with Gasteiger partial charge in [0.1, 0.15) is 5.58 Å². The number of carbonyl (C=O) groups excluding carboxylic acids is 1. The second-order valence-electron chi connectivity index (χ2n) is 4.68. The van der Waals surface area contributed by atoms with Gasteiger partial charge < -0.3 is 9.73 Å². The first-order chi connectivity index (χ1) is 8.24. The molecule has 0 amide bonds. The fourth-order valence-corrected chi connectivity index (χ4v) is 1.96. The highest BCUT2D eigenvalue weighted by atomic mass is 16.3. The van der Waals surface area contributed by atoms with Crippen molar-refractivity contribution in [2.45, 2.75) is 25.8 Å². The summed E-state index contributed by atoms with van der Waals surface area (Å²) in [5, 5.41) is 4.20. The molecule has 1 aromatic heterocycles. The molecule has 3 heteroatoms. The Morgan fingerprint density at radius 1 is 1.47 bits per heavy atom. The van der Waals surface area contributed by atoms with Gasteiger partial charge in [-0.25, -0.2) is 0 Å². The van der Waals surface area contributed by atoms with Crippen LogP contribution in [-0.4, -0.2) is 18.4 Å². The van der Waals surface area contributed by atoms with Crippen molar-refractivity contribution in [1.29, 1.82) is 0 Å². The van der Waals surface area contributed by atoms with E-state index in [-0.39, 0.29) is 5.78 Å². The van der Waals surface area contributed by atoms with E-state index in [0.717, 1.165) is 16.5 Å². The monoisotopic (exact) mass is 229 g/mol. The Kier molecular flexibility index (Phi) is 2.48. The van der Waals surface area contributed by atoms with Crippen LogP contribution < -0.4 is 5.32 Å². The van der Waals surface area contributed by atoms with E-state index < -0.39 is 0 Å². The van der Waals surface area contributed by atoms with Crippen molar-refractivity contribution in [2.24, 2.45) is 0 Å². The van der Waals surface area contributed by atoms with Crippen molar-refractivity contribution >= 4 is 16.8 Å². The van der Waals surface area contributed by atoms with Gasteiger partial charge in [0.25, 0.3) is 0 Å². The number of hydrogen-bond donors (Lipinski definition) is 1. The predicted molar refractivity (Wildman–Crippen MR) is 66.3 cm³/mol. The van der Waals surface area contributed by atoms with Crippen LogP contribution >= 0.6 is 0 Å². The van der Waals surface area contributed by atoms with Gasteiger partial charge in [0.05, 0.1) is 6.54 Å². The Hall–Kier alpha value is -1.61. The normalized spacial score (nSPS) is 15.4. The van der Waals surface area contributed by atoms with Gasteiger partial charge in [-0.3, -0.25) is 4.79 Å². The summed E-state index contributed by atoms with van der Waals surface area (Å²) in [6.07, 6.45) is 2.37. The average Bonchev–Trinajstić information content (AvgIpc) is 3.04. The first-order valence-electron chi connectivity index (χ1n) is 6.00. The summed E-state index contributed by atoms with van der Waals surface area (Å²) < 4.78 is 5.62. The van der Waals surface area contributed by atoms with Crippen molar-refractivity contribution in [3.8, 4) is 0 Å². The lowest BCUT2D eigenvalue weighted by Crippen LogP contribution is -2.24. The summed E-state index contributed by atoms with van der Waals surface area (Å²) in [5.41, 5.74) is 1.89. The van der Waals surface area contributed by atoms with E-state index in [0.29, 0.717) is 18.3 Å². The van der Waals surface area contributed by atoms with Crippen LogP contribution in [0.25, 0.3) is 11.0 Å². The third kappa shape index (κ3) is 2.11. The molecule has 0 atom stereocenters. The summed E-state index contributed by atoms with van der Waals surface area (Å²) >= 11 is 0. The summed E-state index contributed by atoms with van der Waals surface area (Å²) in [5.74, 6) is 0.495. The highest BCUT2D eigenvalue weighted by Crippen LogP contribution is 2.23. The summed E-state index contributed by atoms with van der Waals surface area (Å²) in [7, 11) is 0. The van der Waals surface area contributed by atoms with E-state index in [9.17, 15) is 4.79 Å². The number of aryl methyl sites for hydroxylation is 1. The Bertz CT molecular complexity index is 567. The van der Waals surface area contributed by atoms with Crippen LogP contribution in [0.4, 0.5) is 0 Å². The third-order valence-electron chi connectivity index (χ3n) is 3.14. The zero-order valence-corrected chi connectivity index (χ0v) is 9.82. The number of carbonyl (C=O) groups is 1. The highest BCUT2D eigenvalue weighted by molar-refractivity contribution is 5.99. The van der Waals surface area contributed by atoms with Gasteiger partial charge in [0, 0.05) is 11.4 Å². The highest BCUT2D eigenvalue weighted by Gasteiger charge is 2.22. The standard InChI is InChI=1S/C14H15NO2/c1-9-3-2-4-10-7-13(17-14(9)10)12(16)8-15-11-5-6-11/h2-4,7,11,15H,5-6,8H2,1H3. The zero-order chi connectivity index (χ0) is 11.8. The number of fused-ring (bicyclic) bond motifs is 1. The lowest BCUT2D eigenvalue weighted by Gasteiger charge is -1.98. The van der Waals surface area contributed by atoms with Gasteiger partial charge in [0.15, 0.2) is 5.76 Å². The molecule has 0 unspecified atom stereocenters. The van der Waals surface area contributed by atoms with E-state index >= 15 is 0 Å². The number of hydrogen-bond acceptors (Lipinski definition) is 3. The molecule has 1 aliphatic rings. The molecule has 88 valence electrons.